The maximum atomic E-state index is 12.9. The summed E-state index contributed by atoms with van der Waals surface area (Å²) in [4.78, 5) is 29.9. The van der Waals surface area contributed by atoms with Crippen molar-refractivity contribution >= 4 is 0 Å². The van der Waals surface area contributed by atoms with E-state index in [0.717, 1.165) is 56.2 Å². The molecule has 206 valence electrons. The van der Waals surface area contributed by atoms with Crippen molar-refractivity contribution in [2.45, 2.75) is 44.9 Å². The van der Waals surface area contributed by atoms with E-state index >= 15 is 0 Å². The molecule has 0 spiro atoms. The van der Waals surface area contributed by atoms with Crippen LogP contribution in [-0.2, 0) is 39.6 Å². The lowest BCUT2D eigenvalue weighted by Crippen LogP contribution is -2.47. The summed E-state index contributed by atoms with van der Waals surface area (Å²) in [6.45, 7) is 5.09. The molecule has 3 aromatic rings. The zero-order valence-corrected chi connectivity index (χ0v) is 22.9. The third-order valence-electron chi connectivity index (χ3n) is 8.75. The molecular weight excluding hydrogens is 496 g/mol. The van der Waals surface area contributed by atoms with Crippen molar-refractivity contribution in [2.75, 3.05) is 33.9 Å². The Kier molecular flexibility index (Phi) is 6.72. The molecule has 0 aliphatic carbocycles. The molecule has 5 heterocycles. The normalized spacial score (nSPS) is 20.8. The van der Waals surface area contributed by atoms with E-state index < -0.39 is 0 Å². The summed E-state index contributed by atoms with van der Waals surface area (Å²) >= 11 is 0. The van der Waals surface area contributed by atoms with Crippen molar-refractivity contribution in [1.82, 2.24) is 18.9 Å². The first-order valence-electron chi connectivity index (χ1n) is 13.6. The molecule has 0 unspecified atom stereocenters. The number of benzene rings is 1. The van der Waals surface area contributed by atoms with E-state index in [4.69, 9.17) is 9.47 Å². The van der Waals surface area contributed by atoms with Crippen molar-refractivity contribution < 1.29 is 14.6 Å². The molecule has 1 N–H and O–H groups in total. The maximum absolute atomic E-state index is 12.9. The molecule has 9 heteroatoms. The fourth-order valence-electron chi connectivity index (χ4n) is 6.77. The summed E-state index contributed by atoms with van der Waals surface area (Å²) in [5, 5.41) is 10.8. The van der Waals surface area contributed by atoms with Crippen molar-refractivity contribution in [3.05, 3.63) is 85.2 Å². The Bertz CT molecular complexity index is 1530. The molecule has 39 heavy (non-hydrogen) atoms. The average Bonchev–Trinajstić information content (AvgIpc) is 2.93. The molecule has 9 nitrogen and oxygen atoms in total. The van der Waals surface area contributed by atoms with E-state index in [9.17, 15) is 14.7 Å². The molecule has 0 amide bonds. The molecule has 2 atom stereocenters. The van der Waals surface area contributed by atoms with E-state index in [1.807, 2.05) is 34.4 Å². The van der Waals surface area contributed by atoms with Gasteiger partial charge in [-0.1, -0.05) is 6.07 Å². The minimum absolute atomic E-state index is 0.0825. The Labute approximate surface area is 227 Å². The van der Waals surface area contributed by atoms with Gasteiger partial charge in [-0.2, -0.15) is 0 Å². The molecule has 3 aliphatic rings. The van der Waals surface area contributed by atoms with E-state index in [1.165, 1.54) is 11.1 Å². The van der Waals surface area contributed by atoms with Gasteiger partial charge in [-0.25, -0.2) is 0 Å². The second-order valence-electron chi connectivity index (χ2n) is 11.2. The van der Waals surface area contributed by atoms with Crippen LogP contribution >= 0.6 is 0 Å². The van der Waals surface area contributed by atoms with Crippen molar-refractivity contribution in [3.8, 4) is 17.2 Å². The monoisotopic (exact) mass is 532 g/mol. The predicted molar refractivity (Wildman–Crippen MR) is 148 cm³/mol. The first-order chi connectivity index (χ1) is 18.8. The molecule has 3 aliphatic heterocycles. The van der Waals surface area contributed by atoms with E-state index in [2.05, 4.69) is 15.9 Å². The van der Waals surface area contributed by atoms with Crippen LogP contribution in [0.2, 0.25) is 0 Å². The Morgan fingerprint density at radius 2 is 1.72 bits per heavy atom. The summed E-state index contributed by atoms with van der Waals surface area (Å²) in [6.07, 6.45) is 1.94. The molecule has 2 aromatic heterocycles. The van der Waals surface area contributed by atoms with Crippen LogP contribution in [0, 0.1) is 5.92 Å². The summed E-state index contributed by atoms with van der Waals surface area (Å²) in [7, 11) is 5.22. The van der Waals surface area contributed by atoms with Crippen LogP contribution in [0.15, 0.2) is 46.0 Å². The van der Waals surface area contributed by atoms with Crippen LogP contribution < -0.4 is 20.5 Å². The molecule has 2 bridgehead atoms. The van der Waals surface area contributed by atoms with Crippen LogP contribution in [0.5, 0.6) is 17.2 Å². The minimum Gasteiger partial charge on any atom is -0.503 e. The van der Waals surface area contributed by atoms with Gasteiger partial charge in [0.2, 0.25) is 5.43 Å². The van der Waals surface area contributed by atoms with Gasteiger partial charge in [0, 0.05) is 82.3 Å². The van der Waals surface area contributed by atoms with E-state index in [0.29, 0.717) is 42.9 Å². The van der Waals surface area contributed by atoms with E-state index in [1.54, 1.807) is 26.4 Å². The van der Waals surface area contributed by atoms with Crippen molar-refractivity contribution in [2.24, 2.45) is 13.0 Å². The third kappa shape index (κ3) is 4.74. The van der Waals surface area contributed by atoms with Crippen LogP contribution in [0.1, 0.15) is 40.5 Å². The van der Waals surface area contributed by atoms with Gasteiger partial charge in [0.15, 0.2) is 17.2 Å². The minimum atomic E-state index is -0.337. The highest BCUT2D eigenvalue weighted by Crippen LogP contribution is 2.36. The molecular formula is C30H36N4O5. The van der Waals surface area contributed by atoms with Gasteiger partial charge in [0.25, 0.3) is 5.56 Å². The van der Waals surface area contributed by atoms with Gasteiger partial charge < -0.3 is 23.7 Å². The summed E-state index contributed by atoms with van der Waals surface area (Å²) in [5.74, 6) is 1.98. The van der Waals surface area contributed by atoms with Crippen LogP contribution in [0.25, 0.3) is 0 Å². The number of aromatic hydroxyl groups is 1. The molecule has 1 fully saturated rings. The first-order valence-corrected chi connectivity index (χ1v) is 13.6. The zero-order valence-electron chi connectivity index (χ0n) is 22.9. The van der Waals surface area contributed by atoms with Crippen molar-refractivity contribution in [1.29, 1.82) is 0 Å². The SMILES string of the molecule is COc1cc2c(cc1OC)CN(Cc1c(O)c(=O)cc(CN3C[C@@H]4C[C@@H](C3)c3cccc(=O)n3C4)n1C)CC2. The number of methoxy groups -OCH3 is 2. The quantitative estimate of drug-likeness (QED) is 0.522. The fourth-order valence-corrected chi connectivity index (χ4v) is 6.77. The number of nitrogens with zero attached hydrogens (tertiary/aromatic N) is 4. The first kappa shape index (κ1) is 25.7. The van der Waals surface area contributed by atoms with Crippen LogP contribution in [-0.4, -0.2) is 57.9 Å². The van der Waals surface area contributed by atoms with Gasteiger partial charge in [-0.15, -0.1) is 0 Å². The number of piperidine rings is 1. The molecule has 1 aromatic carbocycles. The van der Waals surface area contributed by atoms with Gasteiger partial charge in [0.05, 0.1) is 19.9 Å². The summed E-state index contributed by atoms with van der Waals surface area (Å²) < 4.78 is 14.9. The van der Waals surface area contributed by atoms with Gasteiger partial charge in [-0.05, 0) is 48.1 Å². The van der Waals surface area contributed by atoms with Crippen LogP contribution in [0.4, 0.5) is 0 Å². The lowest BCUT2D eigenvalue weighted by molar-refractivity contribution is 0.112. The average molecular weight is 533 g/mol. The number of aromatic nitrogens is 2. The van der Waals surface area contributed by atoms with Gasteiger partial charge >= 0.3 is 0 Å². The molecule has 1 saturated heterocycles. The highest BCUT2D eigenvalue weighted by Gasteiger charge is 2.34. The van der Waals surface area contributed by atoms with Crippen molar-refractivity contribution in [3.63, 3.8) is 0 Å². The number of fused-ring (bicyclic) bond motifs is 5. The Balaban J connectivity index is 1.22. The Morgan fingerprint density at radius 1 is 0.949 bits per heavy atom. The standard InChI is InChI=1S/C30H36N4O5/c1-31-23(17-33-13-19-9-22(16-33)24-5-4-6-29(36)34(24)14-19)12-26(35)30(37)25(31)18-32-8-7-20-10-27(38-2)28(39-3)11-21(20)15-32/h4-6,10-12,19,22,37H,7-9,13-18H2,1-3H3/t19-,22-/m0/s1. The highest BCUT2D eigenvalue weighted by atomic mass is 16.5. The maximum Gasteiger partial charge on any atom is 0.250 e. The predicted octanol–water partition coefficient (Wildman–Crippen LogP) is 2.45. The number of ether oxygens (including phenoxy) is 2. The summed E-state index contributed by atoms with van der Waals surface area (Å²) in [5.41, 5.74) is 4.78. The van der Waals surface area contributed by atoms with Gasteiger partial charge in [-0.3, -0.25) is 19.4 Å². The lowest BCUT2D eigenvalue weighted by atomic mass is 9.83. The smallest absolute Gasteiger partial charge is 0.250 e. The largest absolute Gasteiger partial charge is 0.503 e. The number of rotatable bonds is 6. The number of likely N-dealkylation sites (tertiary alicyclic amines) is 1. The number of pyridine rings is 2. The van der Waals surface area contributed by atoms with E-state index in [-0.39, 0.29) is 16.7 Å². The Morgan fingerprint density at radius 3 is 2.49 bits per heavy atom. The molecule has 6 rings (SSSR count). The lowest BCUT2D eigenvalue weighted by Gasteiger charge is -2.43. The fraction of sp³-hybridized carbons (Fsp3) is 0.467. The topological polar surface area (TPSA) is 89.2 Å². The molecule has 0 saturated carbocycles. The number of hydrogen-bond donors (Lipinski definition) is 1. The number of hydrogen-bond acceptors (Lipinski definition) is 7. The van der Waals surface area contributed by atoms with Crippen LogP contribution in [0.3, 0.4) is 0 Å². The zero-order chi connectivity index (χ0) is 27.3. The molecule has 0 radical (unpaired) electrons. The second-order valence-corrected chi connectivity index (χ2v) is 11.2. The third-order valence-corrected chi connectivity index (χ3v) is 8.75. The summed E-state index contributed by atoms with van der Waals surface area (Å²) in [6, 6.07) is 11.2. The highest BCUT2D eigenvalue weighted by molar-refractivity contribution is 5.48. The van der Waals surface area contributed by atoms with Gasteiger partial charge in [0.1, 0.15) is 0 Å². The second kappa shape index (κ2) is 10.2. The Hall–Kier alpha value is -3.56.